The van der Waals surface area contributed by atoms with Crippen molar-refractivity contribution in [1.82, 2.24) is 30.7 Å². The number of aromatic carboxylic acids is 1. The summed E-state index contributed by atoms with van der Waals surface area (Å²) < 4.78 is 15.4. The van der Waals surface area contributed by atoms with E-state index in [-0.39, 0.29) is 57.5 Å². The van der Waals surface area contributed by atoms with Gasteiger partial charge in [0.25, 0.3) is 23.6 Å². The molecule has 6 aromatic rings. The third-order valence-corrected chi connectivity index (χ3v) is 9.02. The SMILES string of the molecule is COc1ccc(C(=O)Nc2ccc(C(=O)NC(Cc3cn[nH]n3)C(=O)Nc3ccc(C(=O)Nc4ccc(C(=O)Nc5ccc(C(=O)O)c(O)c5OC)c(O)c4OC)nc3)cc2)nc1. The van der Waals surface area contributed by atoms with E-state index in [2.05, 4.69) is 52.0 Å². The molecule has 22 nitrogen and oxygen atoms in total. The van der Waals surface area contributed by atoms with Crippen molar-refractivity contribution in [2.75, 3.05) is 42.6 Å². The molecule has 9 N–H and O–H groups in total. The maximum absolute atomic E-state index is 13.5. The molecule has 3 heterocycles. The molecule has 22 heteroatoms. The van der Waals surface area contributed by atoms with Crippen molar-refractivity contribution in [3.05, 3.63) is 125 Å². The van der Waals surface area contributed by atoms with E-state index >= 15 is 0 Å². The largest absolute Gasteiger partial charge is 0.504 e. The lowest BCUT2D eigenvalue weighted by atomic mass is 10.1. The van der Waals surface area contributed by atoms with Crippen LogP contribution < -0.4 is 40.8 Å². The number of nitrogens with one attached hydrogen (secondary N) is 6. The quantitative estimate of drug-likeness (QED) is 0.0673. The van der Waals surface area contributed by atoms with E-state index < -0.39 is 58.6 Å². The first-order valence-corrected chi connectivity index (χ1v) is 18.3. The average molecular weight is 861 g/mol. The summed E-state index contributed by atoms with van der Waals surface area (Å²) in [5, 5.41) is 53.7. The molecule has 63 heavy (non-hydrogen) atoms. The summed E-state index contributed by atoms with van der Waals surface area (Å²) in [6.45, 7) is 0. The van der Waals surface area contributed by atoms with Crippen LogP contribution in [0.4, 0.5) is 22.7 Å². The minimum Gasteiger partial charge on any atom is -0.504 e. The number of carbonyl (C=O) groups is 6. The minimum absolute atomic E-state index is 0.0477. The Bertz CT molecular complexity index is 2680. The van der Waals surface area contributed by atoms with Crippen LogP contribution >= 0.6 is 0 Å². The van der Waals surface area contributed by atoms with Crippen molar-refractivity contribution in [2.45, 2.75) is 12.5 Å². The molecule has 0 fully saturated rings. The smallest absolute Gasteiger partial charge is 0.339 e. The molecular weight excluding hydrogens is 825 g/mol. The van der Waals surface area contributed by atoms with E-state index in [1.807, 2.05) is 0 Å². The van der Waals surface area contributed by atoms with Gasteiger partial charge in [0.05, 0.1) is 68.2 Å². The average Bonchev–Trinajstić information content (AvgIpc) is 3.80. The summed E-state index contributed by atoms with van der Waals surface area (Å²) in [4.78, 5) is 85.4. The maximum atomic E-state index is 13.5. The van der Waals surface area contributed by atoms with Gasteiger partial charge in [-0.3, -0.25) is 24.0 Å². The standard InChI is InChI=1S/C41H36N10O12/c1-61-24-9-13-30(43-19-24)38(56)45-21-6-4-20(5-7-21)36(54)49-31(16-23-18-44-51-50-23)40(58)46-22-8-12-29(42-17-22)39(57)48-28-14-10-25(32(52)34(28)62-2)37(55)47-27-15-11-26(41(59)60)33(53)35(27)63-3/h4-15,17-19,31,52-53H,16H2,1-3H3,(H,45,56)(H,46,58)(H,47,55)(H,48,57)(H,49,54)(H,59,60)(H,44,50,51). The summed E-state index contributed by atoms with van der Waals surface area (Å²) >= 11 is 0. The molecule has 0 radical (unpaired) electrons. The normalized spacial score (nSPS) is 11.0. The minimum atomic E-state index is -1.43. The van der Waals surface area contributed by atoms with E-state index in [1.54, 1.807) is 6.07 Å². The number of pyridine rings is 2. The molecular formula is C41H36N10O12. The van der Waals surface area contributed by atoms with Gasteiger partial charge >= 0.3 is 5.97 Å². The molecule has 0 aliphatic carbocycles. The number of carboxylic acid groups (broad SMARTS) is 1. The molecule has 0 aliphatic rings. The van der Waals surface area contributed by atoms with Crippen molar-refractivity contribution in [3.63, 3.8) is 0 Å². The van der Waals surface area contributed by atoms with Crippen molar-refractivity contribution in [2.24, 2.45) is 0 Å². The number of benzene rings is 3. The van der Waals surface area contributed by atoms with Gasteiger partial charge in [-0.2, -0.15) is 15.4 Å². The Balaban J connectivity index is 1.09. The fourth-order valence-corrected chi connectivity index (χ4v) is 5.83. The van der Waals surface area contributed by atoms with Crippen molar-refractivity contribution >= 4 is 58.3 Å². The fourth-order valence-electron chi connectivity index (χ4n) is 5.83. The lowest BCUT2D eigenvalue weighted by Gasteiger charge is -2.18. The molecule has 0 saturated heterocycles. The Morgan fingerprint density at radius 2 is 1.21 bits per heavy atom. The highest BCUT2D eigenvalue weighted by Crippen LogP contribution is 2.40. The molecule has 3 aromatic heterocycles. The topological polar surface area (TPSA) is 318 Å². The molecule has 0 bridgehead atoms. The Hall–Kier alpha value is -9.08. The number of hydrogen-bond donors (Lipinski definition) is 9. The Morgan fingerprint density at radius 1 is 0.619 bits per heavy atom. The number of methoxy groups -OCH3 is 3. The summed E-state index contributed by atoms with van der Waals surface area (Å²) in [5.74, 6) is -6.35. The number of phenolic OH excluding ortho intramolecular Hbond substituents is 1. The summed E-state index contributed by atoms with van der Waals surface area (Å²) in [5.41, 5.74) is 0.203. The highest BCUT2D eigenvalue weighted by molar-refractivity contribution is 6.10. The van der Waals surface area contributed by atoms with Gasteiger partial charge in [-0.05, 0) is 72.8 Å². The predicted molar refractivity (Wildman–Crippen MR) is 222 cm³/mol. The lowest BCUT2D eigenvalue weighted by molar-refractivity contribution is -0.118. The number of ether oxygens (including phenoxy) is 3. The van der Waals surface area contributed by atoms with E-state index in [1.165, 1.54) is 93.5 Å². The van der Waals surface area contributed by atoms with Gasteiger partial charge < -0.3 is 56.1 Å². The number of aromatic hydroxyl groups is 2. The van der Waals surface area contributed by atoms with Crippen LogP contribution in [0.15, 0.2) is 91.4 Å². The second-order valence-electron chi connectivity index (χ2n) is 13.0. The molecule has 1 atom stereocenters. The highest BCUT2D eigenvalue weighted by atomic mass is 16.5. The number of phenols is 2. The van der Waals surface area contributed by atoms with Crippen molar-refractivity contribution < 1.29 is 58.3 Å². The fraction of sp³-hybridized carbons (Fsp3) is 0.122. The summed E-state index contributed by atoms with van der Waals surface area (Å²) in [7, 11) is 3.83. The second kappa shape index (κ2) is 19.3. The van der Waals surface area contributed by atoms with E-state index in [0.29, 0.717) is 17.1 Å². The van der Waals surface area contributed by atoms with Gasteiger partial charge in [0.2, 0.25) is 5.91 Å². The van der Waals surface area contributed by atoms with Gasteiger partial charge in [0.15, 0.2) is 23.0 Å². The first-order chi connectivity index (χ1) is 30.3. The number of H-pyrrole nitrogens is 1. The zero-order chi connectivity index (χ0) is 45.2. The zero-order valence-electron chi connectivity index (χ0n) is 33.2. The van der Waals surface area contributed by atoms with Crippen LogP contribution in [-0.2, 0) is 11.2 Å². The van der Waals surface area contributed by atoms with Crippen LogP contribution in [-0.4, -0.2) is 104 Å². The summed E-state index contributed by atoms with van der Waals surface area (Å²) in [6.07, 6.45) is 3.94. The Morgan fingerprint density at radius 3 is 1.76 bits per heavy atom. The van der Waals surface area contributed by atoms with Gasteiger partial charge in [-0.15, -0.1) is 0 Å². The van der Waals surface area contributed by atoms with Gasteiger partial charge in [0, 0.05) is 17.7 Å². The van der Waals surface area contributed by atoms with Crippen LogP contribution in [0.25, 0.3) is 0 Å². The molecule has 6 rings (SSSR count). The second-order valence-corrected chi connectivity index (χ2v) is 13.0. The third-order valence-electron chi connectivity index (χ3n) is 9.02. The molecule has 322 valence electrons. The highest BCUT2D eigenvalue weighted by Gasteiger charge is 2.26. The number of nitrogens with zero attached hydrogens (tertiary/aromatic N) is 4. The van der Waals surface area contributed by atoms with Crippen molar-refractivity contribution in [1.29, 1.82) is 0 Å². The lowest BCUT2D eigenvalue weighted by Crippen LogP contribution is -2.45. The van der Waals surface area contributed by atoms with Gasteiger partial charge in [-0.25, -0.2) is 14.8 Å². The molecule has 1 unspecified atom stereocenters. The first kappa shape index (κ1) is 43.5. The molecule has 0 saturated carbocycles. The van der Waals surface area contributed by atoms with Gasteiger partial charge in [0.1, 0.15) is 28.7 Å². The number of anilines is 4. The molecule has 0 aliphatic heterocycles. The molecule has 5 amide bonds. The van der Waals surface area contributed by atoms with E-state index in [9.17, 15) is 44.1 Å². The number of amides is 5. The number of hydrogen-bond acceptors (Lipinski definition) is 15. The molecule has 3 aromatic carbocycles. The zero-order valence-corrected chi connectivity index (χ0v) is 33.2. The number of carbonyl (C=O) groups excluding carboxylic acids is 5. The van der Waals surface area contributed by atoms with E-state index in [0.717, 1.165) is 13.2 Å². The van der Waals surface area contributed by atoms with Gasteiger partial charge in [-0.1, -0.05) is 0 Å². The van der Waals surface area contributed by atoms with Crippen LogP contribution in [0.5, 0.6) is 28.7 Å². The number of aromatic amines is 1. The van der Waals surface area contributed by atoms with Crippen LogP contribution in [0.1, 0.15) is 57.7 Å². The first-order valence-electron chi connectivity index (χ1n) is 18.3. The van der Waals surface area contributed by atoms with Crippen LogP contribution in [0.3, 0.4) is 0 Å². The number of rotatable bonds is 16. The Kier molecular flexibility index (Phi) is 13.3. The number of aromatic nitrogens is 5. The summed E-state index contributed by atoms with van der Waals surface area (Å²) in [6, 6.07) is 15.3. The van der Waals surface area contributed by atoms with E-state index in [4.69, 9.17) is 14.2 Å². The third kappa shape index (κ3) is 10.2. The van der Waals surface area contributed by atoms with Crippen LogP contribution in [0.2, 0.25) is 0 Å². The molecule has 0 spiro atoms. The Labute approximate surface area is 355 Å². The number of carboxylic acids is 1. The van der Waals surface area contributed by atoms with Crippen molar-refractivity contribution in [3.8, 4) is 28.7 Å². The predicted octanol–water partition coefficient (Wildman–Crippen LogP) is 3.47. The maximum Gasteiger partial charge on any atom is 0.339 e. The van der Waals surface area contributed by atoms with Crippen LogP contribution in [0, 0.1) is 0 Å². The monoisotopic (exact) mass is 860 g/mol.